The number of nitrogen functional groups attached to an aromatic ring is 1. The van der Waals surface area contributed by atoms with Crippen LogP contribution in [0.1, 0.15) is 11.4 Å². The van der Waals surface area contributed by atoms with E-state index < -0.39 is 11.7 Å². The first-order valence-corrected chi connectivity index (χ1v) is 5.78. The molecule has 0 aromatic carbocycles. The fourth-order valence-corrected chi connectivity index (χ4v) is 1.64. The Hall–Kier alpha value is -2.32. The fourth-order valence-electron chi connectivity index (χ4n) is 1.64. The molecule has 0 amide bonds. The van der Waals surface area contributed by atoms with Crippen LogP contribution in [0.2, 0.25) is 0 Å². The van der Waals surface area contributed by atoms with Crippen molar-refractivity contribution in [2.24, 2.45) is 7.05 Å². The number of aromatic nitrogens is 4. The second-order valence-corrected chi connectivity index (χ2v) is 4.20. The molecule has 9 heteroatoms. The van der Waals surface area contributed by atoms with Crippen LogP contribution < -0.4 is 11.1 Å². The second kappa shape index (κ2) is 5.35. The van der Waals surface area contributed by atoms with Gasteiger partial charge in [0, 0.05) is 20.0 Å². The maximum absolute atomic E-state index is 12.6. The predicted octanol–water partition coefficient (Wildman–Crippen LogP) is 1.47. The topological polar surface area (TPSA) is 81.7 Å². The van der Waals surface area contributed by atoms with E-state index in [1.165, 1.54) is 0 Å². The van der Waals surface area contributed by atoms with Gasteiger partial charge in [-0.1, -0.05) is 0 Å². The van der Waals surface area contributed by atoms with Crippen molar-refractivity contribution in [2.45, 2.75) is 12.6 Å². The minimum Gasteiger partial charge on any atom is -0.384 e. The first kappa shape index (κ1) is 14.1. The van der Waals surface area contributed by atoms with Gasteiger partial charge in [0.15, 0.2) is 0 Å². The summed E-state index contributed by atoms with van der Waals surface area (Å²) < 4.78 is 39.6. The van der Waals surface area contributed by atoms with E-state index in [9.17, 15) is 13.2 Å². The van der Waals surface area contributed by atoms with Crippen molar-refractivity contribution < 1.29 is 13.2 Å². The first-order chi connectivity index (χ1) is 9.36. The largest absolute Gasteiger partial charge is 0.416 e. The molecule has 2 aromatic rings. The molecule has 0 aliphatic carbocycles. The third kappa shape index (κ3) is 3.37. The summed E-state index contributed by atoms with van der Waals surface area (Å²) >= 11 is 0. The van der Waals surface area contributed by atoms with Gasteiger partial charge >= 0.3 is 6.18 Å². The van der Waals surface area contributed by atoms with Gasteiger partial charge in [-0.05, 0) is 12.1 Å². The van der Waals surface area contributed by atoms with E-state index in [1.807, 2.05) is 0 Å². The van der Waals surface area contributed by atoms with Gasteiger partial charge in [-0.15, -0.1) is 10.2 Å². The zero-order chi connectivity index (χ0) is 14.8. The van der Waals surface area contributed by atoms with E-state index >= 15 is 0 Å². The smallest absolute Gasteiger partial charge is 0.384 e. The summed E-state index contributed by atoms with van der Waals surface area (Å²) in [6.07, 6.45) is -2.39. The van der Waals surface area contributed by atoms with Crippen molar-refractivity contribution in [1.29, 1.82) is 0 Å². The third-order valence-electron chi connectivity index (χ3n) is 2.63. The summed E-state index contributed by atoms with van der Waals surface area (Å²) in [6, 6.07) is 1.72. The summed E-state index contributed by atoms with van der Waals surface area (Å²) in [5.41, 5.74) is 4.54. The molecule has 20 heavy (non-hydrogen) atoms. The Labute approximate surface area is 112 Å². The molecule has 2 aromatic heterocycles. The summed E-state index contributed by atoms with van der Waals surface area (Å²) in [5, 5.41) is 10.4. The summed E-state index contributed by atoms with van der Waals surface area (Å²) in [6.45, 7) is 0.375. The molecule has 0 atom stereocenters. The van der Waals surface area contributed by atoms with Gasteiger partial charge < -0.3 is 15.6 Å². The van der Waals surface area contributed by atoms with Crippen LogP contribution in [-0.2, 0) is 19.6 Å². The van der Waals surface area contributed by atoms with Gasteiger partial charge in [-0.25, -0.2) is 4.98 Å². The van der Waals surface area contributed by atoms with Crippen molar-refractivity contribution in [3.63, 3.8) is 0 Å². The standard InChI is InChI=1S/C11H13F3N6/c1-20-6-17-19-10(20)2-3-16-9-5-7(11(12,13)14)4-8(15)18-9/h4-6H,2-3H2,1H3,(H3,15,16,18). The number of pyridine rings is 1. The number of hydrogen-bond acceptors (Lipinski definition) is 5. The molecule has 2 heterocycles. The van der Waals surface area contributed by atoms with Gasteiger partial charge in [0.05, 0.1) is 5.56 Å². The lowest BCUT2D eigenvalue weighted by Gasteiger charge is -2.11. The Kier molecular flexibility index (Phi) is 3.77. The van der Waals surface area contributed by atoms with Crippen LogP contribution in [0.3, 0.4) is 0 Å². The predicted molar refractivity (Wildman–Crippen MR) is 66.8 cm³/mol. The maximum atomic E-state index is 12.6. The van der Waals surface area contributed by atoms with E-state index in [2.05, 4.69) is 20.5 Å². The maximum Gasteiger partial charge on any atom is 0.416 e. The molecule has 0 saturated heterocycles. The molecule has 0 fully saturated rings. The van der Waals surface area contributed by atoms with Crippen LogP contribution in [0.15, 0.2) is 18.5 Å². The van der Waals surface area contributed by atoms with Crippen LogP contribution >= 0.6 is 0 Å². The van der Waals surface area contributed by atoms with Crippen LogP contribution in [0.4, 0.5) is 24.8 Å². The highest BCUT2D eigenvalue weighted by Crippen LogP contribution is 2.31. The van der Waals surface area contributed by atoms with Crippen LogP contribution in [-0.4, -0.2) is 26.3 Å². The SMILES string of the molecule is Cn1cnnc1CCNc1cc(C(F)(F)F)cc(N)n1. The highest BCUT2D eigenvalue weighted by atomic mass is 19.4. The highest BCUT2D eigenvalue weighted by Gasteiger charge is 2.31. The fraction of sp³-hybridized carbons (Fsp3) is 0.364. The minimum atomic E-state index is -4.45. The molecule has 3 N–H and O–H groups in total. The Bertz CT molecular complexity index is 592. The van der Waals surface area contributed by atoms with E-state index in [1.54, 1.807) is 17.9 Å². The van der Waals surface area contributed by atoms with Gasteiger partial charge in [-0.3, -0.25) is 0 Å². The lowest BCUT2D eigenvalue weighted by Crippen LogP contribution is -2.12. The number of anilines is 2. The number of nitrogens with one attached hydrogen (secondary N) is 1. The van der Waals surface area contributed by atoms with Crippen molar-refractivity contribution in [3.05, 3.63) is 29.8 Å². The van der Waals surface area contributed by atoms with Crippen molar-refractivity contribution in [3.8, 4) is 0 Å². The molecule has 0 aliphatic heterocycles. The Morgan fingerprint density at radius 2 is 2.10 bits per heavy atom. The molecule has 0 aliphatic rings. The van der Waals surface area contributed by atoms with Gasteiger partial charge in [0.25, 0.3) is 0 Å². The molecule has 0 spiro atoms. The van der Waals surface area contributed by atoms with E-state index in [0.717, 1.165) is 18.0 Å². The second-order valence-electron chi connectivity index (χ2n) is 4.20. The summed E-state index contributed by atoms with van der Waals surface area (Å²) in [5.74, 6) is 0.623. The van der Waals surface area contributed by atoms with Crippen LogP contribution in [0.5, 0.6) is 0 Å². The summed E-state index contributed by atoms with van der Waals surface area (Å²) in [7, 11) is 1.79. The van der Waals surface area contributed by atoms with Crippen molar-refractivity contribution in [2.75, 3.05) is 17.6 Å². The normalized spacial score (nSPS) is 11.6. The molecule has 2 rings (SSSR count). The van der Waals surface area contributed by atoms with E-state index in [0.29, 0.717) is 13.0 Å². The molecule has 0 unspecified atom stereocenters. The van der Waals surface area contributed by atoms with Gasteiger partial charge in [0.1, 0.15) is 23.8 Å². The van der Waals surface area contributed by atoms with Gasteiger partial charge in [0.2, 0.25) is 0 Å². The van der Waals surface area contributed by atoms with E-state index in [-0.39, 0.29) is 11.6 Å². The molecular weight excluding hydrogens is 273 g/mol. The minimum absolute atomic E-state index is 0.0829. The molecule has 108 valence electrons. The zero-order valence-electron chi connectivity index (χ0n) is 10.6. The van der Waals surface area contributed by atoms with Crippen LogP contribution in [0, 0.1) is 0 Å². The molecule has 0 bridgehead atoms. The number of hydrogen-bond donors (Lipinski definition) is 2. The number of halogens is 3. The highest BCUT2D eigenvalue weighted by molar-refractivity contribution is 5.47. The Morgan fingerprint density at radius 1 is 1.35 bits per heavy atom. The van der Waals surface area contributed by atoms with Gasteiger partial charge in [-0.2, -0.15) is 13.2 Å². The first-order valence-electron chi connectivity index (χ1n) is 5.78. The average Bonchev–Trinajstić information content (AvgIpc) is 2.73. The summed E-state index contributed by atoms with van der Waals surface area (Å²) in [4.78, 5) is 3.81. The average molecular weight is 286 g/mol. The number of aryl methyl sites for hydroxylation is 1. The number of nitrogens with zero attached hydrogens (tertiary/aromatic N) is 4. The molecule has 0 saturated carbocycles. The van der Waals surface area contributed by atoms with Crippen LogP contribution in [0.25, 0.3) is 0 Å². The lowest BCUT2D eigenvalue weighted by atomic mass is 10.2. The van der Waals surface area contributed by atoms with E-state index in [4.69, 9.17) is 5.73 Å². The quantitative estimate of drug-likeness (QED) is 0.889. The van der Waals surface area contributed by atoms with Crippen molar-refractivity contribution in [1.82, 2.24) is 19.7 Å². The Morgan fingerprint density at radius 3 is 2.70 bits per heavy atom. The number of nitrogens with two attached hydrogens (primary N) is 1. The monoisotopic (exact) mass is 286 g/mol. The lowest BCUT2D eigenvalue weighted by molar-refractivity contribution is -0.137. The molecule has 6 nitrogen and oxygen atoms in total. The van der Waals surface area contributed by atoms with Crippen molar-refractivity contribution >= 4 is 11.6 Å². The Balaban J connectivity index is 2.03. The number of rotatable bonds is 4. The zero-order valence-corrected chi connectivity index (χ0v) is 10.6. The molecular formula is C11H13F3N6. The number of alkyl halides is 3. The molecule has 0 radical (unpaired) electrons. The third-order valence-corrected chi connectivity index (χ3v) is 2.63.